The fourth-order valence-electron chi connectivity index (χ4n) is 1.43. The molecule has 0 spiro atoms. The van der Waals surface area contributed by atoms with Gasteiger partial charge in [0.2, 0.25) is 5.67 Å². The van der Waals surface area contributed by atoms with E-state index in [9.17, 15) is 14.0 Å². The number of halogens is 1. The molecule has 1 saturated carbocycles. The molecule has 5 nitrogen and oxygen atoms in total. The Hall–Kier alpha value is -1.33. The number of carbonyl (C=O) groups is 2. The zero-order chi connectivity index (χ0) is 12.6. The van der Waals surface area contributed by atoms with E-state index in [4.69, 9.17) is 9.84 Å². The molecule has 2 N–H and O–H groups in total. The molecule has 0 aromatic heterocycles. The summed E-state index contributed by atoms with van der Waals surface area (Å²) < 4.78 is 18.5. The second-order valence-electron chi connectivity index (χ2n) is 4.91. The largest absolute Gasteiger partial charge is 0.479 e. The molecule has 0 bridgehead atoms. The zero-order valence-corrected chi connectivity index (χ0v) is 9.54. The smallest absolute Gasteiger partial charge is 0.407 e. The first-order chi connectivity index (χ1) is 7.15. The Morgan fingerprint density at radius 1 is 1.50 bits per heavy atom. The lowest BCUT2D eigenvalue weighted by molar-refractivity contribution is -0.160. The van der Waals surface area contributed by atoms with Gasteiger partial charge in [-0.3, -0.25) is 0 Å². The van der Waals surface area contributed by atoms with Crippen LogP contribution in [0.1, 0.15) is 33.6 Å². The van der Waals surface area contributed by atoms with Crippen LogP contribution in [0.3, 0.4) is 0 Å². The van der Waals surface area contributed by atoms with Gasteiger partial charge >= 0.3 is 12.1 Å². The lowest BCUT2D eigenvalue weighted by Gasteiger charge is -2.39. The molecule has 0 aliphatic heterocycles. The maximum absolute atomic E-state index is 13.6. The molecule has 0 heterocycles. The van der Waals surface area contributed by atoms with E-state index in [2.05, 4.69) is 5.32 Å². The van der Waals surface area contributed by atoms with Crippen LogP contribution in [0.4, 0.5) is 9.18 Å². The van der Waals surface area contributed by atoms with E-state index in [-0.39, 0.29) is 6.42 Å². The standard InChI is InChI=1S/C10H16FNO4/c1-9(2,3)16-8(15)12-6-4-5-10(6,11)7(13)14/h6H,4-5H2,1-3H3,(H,12,15)(H,13,14)/t6?,10-/m0/s1. The van der Waals surface area contributed by atoms with E-state index < -0.39 is 29.4 Å². The molecule has 1 aliphatic rings. The maximum Gasteiger partial charge on any atom is 0.407 e. The number of carboxylic acid groups (broad SMARTS) is 1. The third-order valence-corrected chi connectivity index (χ3v) is 2.40. The Bertz CT molecular complexity index is 312. The van der Waals surface area contributed by atoms with Crippen molar-refractivity contribution in [3.63, 3.8) is 0 Å². The monoisotopic (exact) mass is 233 g/mol. The van der Waals surface area contributed by atoms with Crippen molar-refractivity contribution < 1.29 is 23.8 Å². The summed E-state index contributed by atoms with van der Waals surface area (Å²) in [7, 11) is 0. The molecule has 92 valence electrons. The second-order valence-corrected chi connectivity index (χ2v) is 4.91. The minimum absolute atomic E-state index is 0.0806. The van der Waals surface area contributed by atoms with Gasteiger partial charge in [0.15, 0.2) is 0 Å². The average Bonchev–Trinajstić information content (AvgIpc) is 2.08. The van der Waals surface area contributed by atoms with Gasteiger partial charge < -0.3 is 15.2 Å². The number of carbonyl (C=O) groups excluding carboxylic acids is 1. The molecule has 0 radical (unpaired) electrons. The van der Waals surface area contributed by atoms with Gasteiger partial charge in [-0.15, -0.1) is 0 Å². The molecular weight excluding hydrogens is 217 g/mol. The number of alkyl carbamates (subject to hydrolysis) is 1. The van der Waals surface area contributed by atoms with E-state index in [1.807, 2.05) is 0 Å². The van der Waals surface area contributed by atoms with Crippen molar-refractivity contribution in [2.75, 3.05) is 0 Å². The Morgan fingerprint density at radius 2 is 2.06 bits per heavy atom. The average molecular weight is 233 g/mol. The van der Waals surface area contributed by atoms with Crippen LogP contribution in [0.15, 0.2) is 0 Å². The second kappa shape index (κ2) is 3.92. The van der Waals surface area contributed by atoms with E-state index in [1.165, 1.54) is 0 Å². The predicted octanol–water partition coefficient (Wildman–Crippen LogP) is 1.47. The molecule has 16 heavy (non-hydrogen) atoms. The quantitative estimate of drug-likeness (QED) is 0.757. The van der Waals surface area contributed by atoms with Gasteiger partial charge in [-0.2, -0.15) is 0 Å². The van der Waals surface area contributed by atoms with Gasteiger partial charge in [-0.25, -0.2) is 14.0 Å². The van der Waals surface area contributed by atoms with Gasteiger partial charge in [0, 0.05) is 0 Å². The van der Waals surface area contributed by atoms with E-state index in [1.54, 1.807) is 20.8 Å². The van der Waals surface area contributed by atoms with Crippen LogP contribution in [0, 0.1) is 0 Å². The number of nitrogens with one attached hydrogen (secondary N) is 1. The first-order valence-electron chi connectivity index (χ1n) is 5.07. The number of amides is 1. The summed E-state index contributed by atoms with van der Waals surface area (Å²) in [5, 5.41) is 10.9. The number of aliphatic carboxylic acids is 1. The van der Waals surface area contributed by atoms with E-state index in [0.29, 0.717) is 6.42 Å². The zero-order valence-electron chi connectivity index (χ0n) is 9.54. The van der Waals surface area contributed by atoms with Crippen molar-refractivity contribution in [1.29, 1.82) is 0 Å². The summed E-state index contributed by atoms with van der Waals surface area (Å²) in [5.74, 6) is -1.54. The molecule has 1 aliphatic carbocycles. The van der Waals surface area contributed by atoms with Crippen LogP contribution in [-0.2, 0) is 9.53 Å². The Morgan fingerprint density at radius 3 is 2.38 bits per heavy atom. The number of ether oxygens (including phenoxy) is 1. The molecular formula is C10H16FNO4. The van der Waals surface area contributed by atoms with Crippen LogP contribution in [0.5, 0.6) is 0 Å². The van der Waals surface area contributed by atoms with Crippen LogP contribution in [0.2, 0.25) is 0 Å². The van der Waals surface area contributed by atoms with Gasteiger partial charge in [0.25, 0.3) is 0 Å². The fourth-order valence-corrected chi connectivity index (χ4v) is 1.43. The van der Waals surface area contributed by atoms with Crippen LogP contribution in [0.25, 0.3) is 0 Å². The Kier molecular flexibility index (Phi) is 3.12. The number of alkyl halides is 1. The van der Waals surface area contributed by atoms with Crippen LogP contribution >= 0.6 is 0 Å². The van der Waals surface area contributed by atoms with E-state index >= 15 is 0 Å². The minimum atomic E-state index is -2.35. The highest BCUT2D eigenvalue weighted by molar-refractivity contribution is 5.81. The molecule has 0 saturated heterocycles. The van der Waals surface area contributed by atoms with Crippen LogP contribution in [-0.4, -0.2) is 34.5 Å². The Labute approximate surface area is 93.0 Å². The molecule has 0 aromatic carbocycles. The summed E-state index contributed by atoms with van der Waals surface area (Å²) in [5.41, 5.74) is -3.03. The van der Waals surface area contributed by atoms with Crippen molar-refractivity contribution in [1.82, 2.24) is 5.32 Å². The number of carboxylic acids is 1. The van der Waals surface area contributed by atoms with Gasteiger partial charge in [-0.1, -0.05) is 0 Å². The third kappa shape index (κ3) is 2.62. The highest BCUT2D eigenvalue weighted by Gasteiger charge is 2.55. The summed E-state index contributed by atoms with van der Waals surface area (Å²) in [6.07, 6.45) is -0.564. The van der Waals surface area contributed by atoms with Crippen molar-refractivity contribution in [2.24, 2.45) is 0 Å². The molecule has 2 atom stereocenters. The third-order valence-electron chi connectivity index (χ3n) is 2.40. The normalized spacial score (nSPS) is 29.1. The lowest BCUT2D eigenvalue weighted by Crippen LogP contribution is -2.62. The summed E-state index contributed by atoms with van der Waals surface area (Å²) in [4.78, 5) is 21.9. The molecule has 0 aromatic rings. The van der Waals surface area contributed by atoms with Gasteiger partial charge in [0.1, 0.15) is 5.60 Å². The van der Waals surface area contributed by atoms with E-state index in [0.717, 1.165) is 0 Å². The molecule has 6 heteroatoms. The topological polar surface area (TPSA) is 75.6 Å². The molecule has 1 unspecified atom stereocenters. The van der Waals surface area contributed by atoms with Gasteiger partial charge in [-0.05, 0) is 33.6 Å². The van der Waals surface area contributed by atoms with Crippen molar-refractivity contribution in [2.45, 2.75) is 50.9 Å². The predicted molar refractivity (Wildman–Crippen MR) is 53.9 cm³/mol. The number of rotatable bonds is 2. The molecule has 1 amide bonds. The first-order valence-corrected chi connectivity index (χ1v) is 5.07. The fraction of sp³-hybridized carbons (Fsp3) is 0.800. The molecule has 1 fully saturated rings. The summed E-state index contributed by atoms with van der Waals surface area (Å²) >= 11 is 0. The van der Waals surface area contributed by atoms with Crippen molar-refractivity contribution in [3.05, 3.63) is 0 Å². The summed E-state index contributed by atoms with van der Waals surface area (Å²) in [6.45, 7) is 5.02. The highest BCUT2D eigenvalue weighted by Crippen LogP contribution is 2.36. The number of hydrogen-bond donors (Lipinski definition) is 2. The highest BCUT2D eigenvalue weighted by atomic mass is 19.1. The van der Waals surface area contributed by atoms with Crippen molar-refractivity contribution >= 4 is 12.1 Å². The van der Waals surface area contributed by atoms with Crippen molar-refractivity contribution in [3.8, 4) is 0 Å². The lowest BCUT2D eigenvalue weighted by atomic mass is 9.76. The molecule has 1 rings (SSSR count). The van der Waals surface area contributed by atoms with Gasteiger partial charge in [0.05, 0.1) is 6.04 Å². The first kappa shape index (κ1) is 12.7. The van der Waals surface area contributed by atoms with Crippen LogP contribution < -0.4 is 5.32 Å². The minimum Gasteiger partial charge on any atom is -0.479 e. The SMILES string of the molecule is CC(C)(C)OC(=O)NC1CC[C@@]1(F)C(=O)O. The number of hydrogen-bond acceptors (Lipinski definition) is 3. The maximum atomic E-state index is 13.6. The Balaban J connectivity index is 2.51. The summed E-state index contributed by atoms with van der Waals surface area (Å²) in [6, 6.07) is -1.00.